The van der Waals surface area contributed by atoms with Gasteiger partial charge in [0.05, 0.1) is 15.9 Å². The zero-order valence-electron chi connectivity index (χ0n) is 34.5. The van der Waals surface area contributed by atoms with Crippen LogP contribution in [0.3, 0.4) is 0 Å². The molecule has 2 N–H and O–H groups in total. The number of benzene rings is 2. The largest absolute Gasteiger partial charge is 0.384 e. The van der Waals surface area contributed by atoms with Crippen LogP contribution in [0.1, 0.15) is 64.6 Å². The average Bonchev–Trinajstić information content (AvgIpc) is 4.06. The lowest BCUT2D eigenvalue weighted by Crippen LogP contribution is -2.38. The summed E-state index contributed by atoms with van der Waals surface area (Å²) in [6, 6.07) is 36.7. The highest BCUT2D eigenvalue weighted by Crippen LogP contribution is 2.34. The van der Waals surface area contributed by atoms with E-state index in [1.807, 2.05) is 89.7 Å². The molecule has 0 amide bonds. The molecule has 2 aliphatic rings. The molecule has 0 saturated carbocycles. The maximum atomic E-state index is 5.68. The first-order valence-corrected chi connectivity index (χ1v) is 21.0. The first-order valence-electron chi connectivity index (χ1n) is 20.2. The lowest BCUT2D eigenvalue weighted by molar-refractivity contribution is 0.514. The van der Waals surface area contributed by atoms with Gasteiger partial charge in [0.2, 0.25) is 0 Å². The lowest BCUT2D eigenvalue weighted by Gasteiger charge is -2.32. The fourth-order valence-corrected chi connectivity index (χ4v) is 8.56. The Morgan fingerprint density at radius 1 is 0.617 bits per heavy atom. The Hall–Kier alpha value is -5.85. The fourth-order valence-electron chi connectivity index (χ4n) is 8.06. The third-order valence-electron chi connectivity index (χ3n) is 11.2. The number of rotatable bonds is 6. The van der Waals surface area contributed by atoms with Crippen LogP contribution in [-0.4, -0.2) is 63.3 Å². The third kappa shape index (κ3) is 9.45. The van der Waals surface area contributed by atoms with Crippen molar-refractivity contribution in [3.63, 3.8) is 0 Å². The molecule has 10 rings (SSSR count). The molecule has 11 nitrogen and oxygen atoms in total. The van der Waals surface area contributed by atoms with E-state index in [2.05, 4.69) is 110 Å². The highest BCUT2D eigenvalue weighted by molar-refractivity contribution is 9.10. The number of aromatic nitrogens is 8. The van der Waals surface area contributed by atoms with Gasteiger partial charge in [-0.3, -0.25) is 0 Å². The SMILES string of the molecule is Brc1cc(-c2ccccc2)nn2ccnc12.CC1(C)CCCN1c1cccc(Cc2cc(-c3ccccc3)nn3ccnc23)n1.CC1(C)CCCN1c1cccc(N)n1.Cl. The Kier molecular flexibility index (Phi) is 12.8. The minimum atomic E-state index is 0. The van der Waals surface area contributed by atoms with Crippen LogP contribution in [0.5, 0.6) is 0 Å². The van der Waals surface area contributed by atoms with E-state index in [9.17, 15) is 0 Å². The molecule has 2 saturated heterocycles. The van der Waals surface area contributed by atoms with Crippen molar-refractivity contribution in [1.29, 1.82) is 0 Å². The van der Waals surface area contributed by atoms with Crippen molar-refractivity contribution in [2.45, 2.75) is 70.9 Å². The number of halogens is 2. The Morgan fingerprint density at radius 2 is 1.13 bits per heavy atom. The molecule has 8 aromatic rings. The van der Waals surface area contributed by atoms with Crippen LogP contribution in [0.15, 0.2) is 138 Å². The molecule has 2 aliphatic heterocycles. The number of anilines is 3. The van der Waals surface area contributed by atoms with Gasteiger partial charge in [-0.2, -0.15) is 10.2 Å². The van der Waals surface area contributed by atoms with Crippen LogP contribution in [0.4, 0.5) is 17.5 Å². The topological polar surface area (TPSA) is 119 Å². The van der Waals surface area contributed by atoms with Crippen LogP contribution in [0.25, 0.3) is 33.8 Å². The lowest BCUT2D eigenvalue weighted by atomic mass is 10.0. The van der Waals surface area contributed by atoms with E-state index >= 15 is 0 Å². The molecular formula is C47H51BrClN11. The van der Waals surface area contributed by atoms with E-state index in [0.717, 1.165) is 80.7 Å². The summed E-state index contributed by atoms with van der Waals surface area (Å²) < 4.78 is 4.59. The minimum absolute atomic E-state index is 0. The standard InChI is InChI=1S/C24H25N5.C12H8BrN3.C11H17N3.ClH/c1-24(2)12-7-14-28(24)22-11-6-10-20(26-22)16-19-17-21(18-8-4-3-5-9-18)27-29-15-13-25-23(19)29;13-10-8-11(9-4-2-1-3-5-9)15-16-7-6-14-12(10)16;1-11(2)7-4-8-14(11)10-6-3-5-9(12)13-10;/h3-6,8-11,13,15,17H,7,12,14,16H2,1-2H3;1-8H;3,5-6H,4,7-8H2,1-2H3,(H2,12,13);1H. The van der Waals surface area contributed by atoms with E-state index < -0.39 is 0 Å². The number of imidazole rings is 2. The molecule has 0 spiro atoms. The summed E-state index contributed by atoms with van der Waals surface area (Å²) in [4.78, 5) is 22.9. The summed E-state index contributed by atoms with van der Waals surface area (Å²) >= 11 is 3.50. The van der Waals surface area contributed by atoms with Crippen molar-refractivity contribution in [3.8, 4) is 22.5 Å². The summed E-state index contributed by atoms with van der Waals surface area (Å²) in [6.07, 6.45) is 12.9. The fraction of sp³-hybridized carbons (Fsp3) is 0.277. The molecule has 13 heteroatoms. The summed E-state index contributed by atoms with van der Waals surface area (Å²) in [7, 11) is 0. The average molecular weight is 885 g/mol. The van der Waals surface area contributed by atoms with Crippen LogP contribution in [-0.2, 0) is 6.42 Å². The van der Waals surface area contributed by atoms with Crippen LogP contribution in [0, 0.1) is 0 Å². The molecule has 308 valence electrons. The number of nitrogens with zero attached hydrogens (tertiary/aromatic N) is 10. The second kappa shape index (κ2) is 18.2. The molecule has 2 fully saturated rings. The van der Waals surface area contributed by atoms with Gasteiger partial charge in [0.25, 0.3) is 0 Å². The highest BCUT2D eigenvalue weighted by atomic mass is 79.9. The Balaban J connectivity index is 0.000000148. The summed E-state index contributed by atoms with van der Waals surface area (Å²) in [5.41, 5.74) is 14.0. The molecule has 6 aromatic heterocycles. The quantitative estimate of drug-likeness (QED) is 0.174. The van der Waals surface area contributed by atoms with Gasteiger partial charge >= 0.3 is 0 Å². The Labute approximate surface area is 366 Å². The van der Waals surface area contributed by atoms with Gasteiger partial charge in [-0.25, -0.2) is 29.0 Å². The van der Waals surface area contributed by atoms with E-state index in [4.69, 9.17) is 15.8 Å². The van der Waals surface area contributed by atoms with Crippen molar-refractivity contribution in [2.24, 2.45) is 0 Å². The number of pyridine rings is 2. The number of hydrogen-bond donors (Lipinski definition) is 1. The van der Waals surface area contributed by atoms with Crippen molar-refractivity contribution in [1.82, 2.24) is 39.2 Å². The van der Waals surface area contributed by atoms with Gasteiger partial charge in [0.15, 0.2) is 11.3 Å². The Morgan fingerprint density at radius 3 is 1.68 bits per heavy atom. The van der Waals surface area contributed by atoms with Gasteiger partial charge < -0.3 is 15.5 Å². The smallest absolute Gasteiger partial charge is 0.167 e. The van der Waals surface area contributed by atoms with Crippen LogP contribution >= 0.6 is 28.3 Å². The minimum Gasteiger partial charge on any atom is -0.384 e. The molecule has 0 radical (unpaired) electrons. The number of fused-ring (bicyclic) bond motifs is 2. The van der Waals surface area contributed by atoms with E-state index in [0.29, 0.717) is 5.82 Å². The van der Waals surface area contributed by atoms with Crippen molar-refractivity contribution < 1.29 is 0 Å². The van der Waals surface area contributed by atoms with E-state index in [1.54, 1.807) is 16.9 Å². The predicted octanol–water partition coefficient (Wildman–Crippen LogP) is 10.4. The van der Waals surface area contributed by atoms with Crippen molar-refractivity contribution in [3.05, 3.63) is 150 Å². The highest BCUT2D eigenvalue weighted by Gasteiger charge is 2.33. The van der Waals surface area contributed by atoms with Gasteiger partial charge in [-0.15, -0.1) is 12.4 Å². The Bertz CT molecular complexity index is 2660. The predicted molar refractivity (Wildman–Crippen MR) is 249 cm³/mol. The molecule has 8 heterocycles. The zero-order chi connectivity index (χ0) is 41.0. The normalized spacial score (nSPS) is 15.2. The van der Waals surface area contributed by atoms with Crippen LogP contribution < -0.4 is 15.5 Å². The molecule has 0 bridgehead atoms. The molecular weight excluding hydrogens is 834 g/mol. The van der Waals surface area contributed by atoms with Gasteiger partial charge in [0.1, 0.15) is 17.5 Å². The molecule has 0 atom stereocenters. The molecule has 2 aromatic carbocycles. The molecule has 0 unspecified atom stereocenters. The third-order valence-corrected chi connectivity index (χ3v) is 11.7. The second-order valence-electron chi connectivity index (χ2n) is 16.3. The summed E-state index contributed by atoms with van der Waals surface area (Å²) in [5.74, 6) is 2.68. The van der Waals surface area contributed by atoms with Gasteiger partial charge in [0, 0.05) is 77.8 Å². The number of nitrogen functional groups attached to an aromatic ring is 1. The van der Waals surface area contributed by atoms with Crippen molar-refractivity contribution in [2.75, 3.05) is 28.6 Å². The van der Waals surface area contributed by atoms with E-state index in [-0.39, 0.29) is 23.5 Å². The van der Waals surface area contributed by atoms with Crippen LogP contribution in [0.2, 0.25) is 0 Å². The van der Waals surface area contributed by atoms with Crippen molar-refractivity contribution >= 4 is 57.1 Å². The van der Waals surface area contributed by atoms with Gasteiger partial charge in [-0.1, -0.05) is 72.8 Å². The van der Waals surface area contributed by atoms with E-state index in [1.165, 1.54) is 25.7 Å². The number of nitrogens with two attached hydrogens (primary N) is 1. The first kappa shape index (κ1) is 42.3. The summed E-state index contributed by atoms with van der Waals surface area (Å²) in [5, 5.41) is 9.22. The molecule has 0 aliphatic carbocycles. The first-order chi connectivity index (χ1) is 28.5. The maximum absolute atomic E-state index is 5.68. The summed E-state index contributed by atoms with van der Waals surface area (Å²) in [6.45, 7) is 11.3. The second-order valence-corrected chi connectivity index (χ2v) is 17.1. The van der Waals surface area contributed by atoms with Gasteiger partial charge in [-0.05, 0) is 106 Å². The molecule has 60 heavy (non-hydrogen) atoms. The monoisotopic (exact) mass is 883 g/mol. The number of hydrogen-bond acceptors (Lipinski definition) is 9. The maximum Gasteiger partial charge on any atom is 0.167 e. The zero-order valence-corrected chi connectivity index (χ0v) is 36.9.